The highest BCUT2D eigenvalue weighted by Gasteiger charge is 2.18. The van der Waals surface area contributed by atoms with Crippen LogP contribution in [-0.2, 0) is 10.3 Å². The molecule has 122 valence electrons. The van der Waals surface area contributed by atoms with Crippen molar-refractivity contribution in [1.82, 2.24) is 24.2 Å². The second-order valence-electron chi connectivity index (χ2n) is 4.62. The first-order valence-electron chi connectivity index (χ1n) is 6.47. The Bertz CT molecular complexity index is 918. The van der Waals surface area contributed by atoms with Crippen molar-refractivity contribution in [3.8, 4) is 0 Å². The summed E-state index contributed by atoms with van der Waals surface area (Å²) >= 11 is 0. The Labute approximate surface area is 123 Å². The average molecular weight is 333 g/mol. The number of piperidine rings is 1. The minimum absolute atomic E-state index is 0.250. The maximum absolute atomic E-state index is 11.4. The van der Waals surface area contributed by atoms with E-state index >= 15 is 0 Å². The molecule has 11 nitrogen and oxygen atoms in total. The minimum atomic E-state index is -5.02. The first-order chi connectivity index (χ1) is 10.3. The fourth-order valence-corrected chi connectivity index (χ4v) is 2.56. The number of hydrogen-bond donors (Lipinski definition) is 5. The van der Waals surface area contributed by atoms with Gasteiger partial charge in [0.05, 0.1) is 0 Å². The molecule has 0 bridgehead atoms. The second-order valence-corrected chi connectivity index (χ2v) is 5.88. The van der Waals surface area contributed by atoms with Crippen molar-refractivity contribution >= 4 is 21.5 Å². The van der Waals surface area contributed by atoms with Crippen molar-refractivity contribution in [2.24, 2.45) is 0 Å². The largest absolute Gasteiger partial charge is 0.370 e. The summed E-state index contributed by atoms with van der Waals surface area (Å²) in [7, 11) is -5.02. The van der Waals surface area contributed by atoms with Gasteiger partial charge in [0, 0.05) is 0 Å². The summed E-state index contributed by atoms with van der Waals surface area (Å²) in [6.45, 7) is 2.50. The van der Waals surface area contributed by atoms with Gasteiger partial charge in [0.15, 0.2) is 5.52 Å². The van der Waals surface area contributed by atoms with Gasteiger partial charge < -0.3 is 5.32 Å². The molecule has 0 saturated carbocycles. The van der Waals surface area contributed by atoms with Crippen LogP contribution in [0.2, 0.25) is 0 Å². The van der Waals surface area contributed by atoms with Gasteiger partial charge in [-0.15, -0.1) is 3.97 Å². The summed E-state index contributed by atoms with van der Waals surface area (Å²) in [6.07, 6.45) is 4.22. The van der Waals surface area contributed by atoms with Gasteiger partial charge in [0.25, 0.3) is 5.56 Å². The topological polar surface area (TPSA) is 170 Å². The zero-order valence-corrected chi connectivity index (χ0v) is 12.2. The molecule has 22 heavy (non-hydrogen) atoms. The SMILES string of the molecule is C1CCNCC1.O=c1[nH]c2[nH]c(=O)n(S(=O)(=O)O)c(=O)c2[nH]1. The normalized spacial score (nSPS) is 15.3. The number of rotatable bonds is 1. The average Bonchev–Trinajstić information content (AvgIpc) is 2.80. The van der Waals surface area contributed by atoms with Crippen LogP contribution in [0.15, 0.2) is 14.4 Å². The van der Waals surface area contributed by atoms with E-state index in [0.29, 0.717) is 0 Å². The van der Waals surface area contributed by atoms with Crippen molar-refractivity contribution in [2.45, 2.75) is 19.3 Å². The molecule has 0 atom stereocenters. The van der Waals surface area contributed by atoms with Crippen LogP contribution in [0.5, 0.6) is 0 Å². The third-order valence-corrected chi connectivity index (χ3v) is 3.77. The van der Waals surface area contributed by atoms with E-state index in [1.165, 1.54) is 32.4 Å². The van der Waals surface area contributed by atoms with Crippen LogP contribution in [0.3, 0.4) is 0 Å². The fourth-order valence-electron chi connectivity index (χ4n) is 2.00. The van der Waals surface area contributed by atoms with E-state index in [0.717, 1.165) is 0 Å². The summed E-state index contributed by atoms with van der Waals surface area (Å²) in [4.78, 5) is 39.3. The van der Waals surface area contributed by atoms with Gasteiger partial charge in [0.1, 0.15) is 5.65 Å². The number of H-pyrrole nitrogens is 3. The van der Waals surface area contributed by atoms with Crippen LogP contribution in [0.1, 0.15) is 19.3 Å². The van der Waals surface area contributed by atoms with Crippen LogP contribution < -0.4 is 22.3 Å². The first kappa shape index (κ1) is 16.2. The van der Waals surface area contributed by atoms with Gasteiger partial charge in [0.2, 0.25) is 0 Å². The Morgan fingerprint density at radius 1 is 0.955 bits per heavy atom. The van der Waals surface area contributed by atoms with Crippen LogP contribution in [0.25, 0.3) is 11.2 Å². The van der Waals surface area contributed by atoms with E-state index in [-0.39, 0.29) is 5.65 Å². The quantitative estimate of drug-likeness (QED) is 0.380. The molecule has 0 unspecified atom stereocenters. The number of aromatic amines is 3. The van der Waals surface area contributed by atoms with Gasteiger partial charge in [-0.05, 0) is 25.9 Å². The van der Waals surface area contributed by atoms with E-state index in [1.54, 1.807) is 0 Å². The number of imidazole rings is 1. The molecule has 3 heterocycles. The molecule has 1 fully saturated rings. The Hall–Kier alpha value is -2.18. The molecule has 3 rings (SSSR count). The van der Waals surface area contributed by atoms with E-state index in [1.807, 2.05) is 9.97 Å². The lowest BCUT2D eigenvalue weighted by atomic mass is 10.2. The molecule has 0 spiro atoms. The molecule has 12 heteroatoms. The molecule has 2 aromatic heterocycles. The molecule has 5 N–H and O–H groups in total. The summed E-state index contributed by atoms with van der Waals surface area (Å²) in [5.41, 5.74) is -4.23. The zero-order chi connectivity index (χ0) is 16.3. The Morgan fingerprint density at radius 2 is 1.59 bits per heavy atom. The molecule has 1 aliphatic heterocycles. The molecule has 0 radical (unpaired) electrons. The maximum Gasteiger partial charge on any atom is 0.370 e. The second kappa shape index (κ2) is 6.29. The highest BCUT2D eigenvalue weighted by atomic mass is 32.2. The van der Waals surface area contributed by atoms with Gasteiger partial charge in [-0.3, -0.25) is 24.3 Å². The monoisotopic (exact) mass is 333 g/mol. The van der Waals surface area contributed by atoms with E-state index in [4.69, 9.17) is 4.55 Å². The molecular weight excluding hydrogens is 318 g/mol. The molecule has 0 amide bonds. The summed E-state index contributed by atoms with van der Waals surface area (Å²) < 4.78 is 29.7. The smallest absolute Gasteiger partial charge is 0.317 e. The van der Waals surface area contributed by atoms with E-state index < -0.39 is 36.7 Å². The zero-order valence-electron chi connectivity index (χ0n) is 11.4. The summed E-state index contributed by atoms with van der Waals surface area (Å²) in [6, 6.07) is 0. The molecule has 1 saturated heterocycles. The lowest BCUT2D eigenvalue weighted by Gasteiger charge is -2.08. The number of hydrogen-bond acceptors (Lipinski definition) is 6. The van der Waals surface area contributed by atoms with Crippen LogP contribution in [-0.4, -0.2) is 45.0 Å². The molecule has 0 aromatic carbocycles. The third kappa shape index (κ3) is 3.52. The van der Waals surface area contributed by atoms with Crippen molar-refractivity contribution < 1.29 is 13.0 Å². The maximum atomic E-state index is 11.4. The van der Waals surface area contributed by atoms with Gasteiger partial charge >= 0.3 is 21.7 Å². The molecule has 2 aromatic rings. The number of aromatic nitrogens is 4. The van der Waals surface area contributed by atoms with Crippen LogP contribution in [0, 0.1) is 0 Å². The molecule has 1 aliphatic rings. The predicted molar refractivity (Wildman–Crippen MR) is 77.5 cm³/mol. The van der Waals surface area contributed by atoms with Crippen molar-refractivity contribution in [3.05, 3.63) is 31.3 Å². The molecule has 0 aliphatic carbocycles. The fraction of sp³-hybridized carbons (Fsp3) is 0.500. The Morgan fingerprint density at radius 3 is 2.05 bits per heavy atom. The van der Waals surface area contributed by atoms with Gasteiger partial charge in [-0.2, -0.15) is 8.42 Å². The lowest BCUT2D eigenvalue weighted by molar-refractivity contribution is 0.468. The number of nitrogens with zero attached hydrogens (tertiary/aromatic N) is 1. The van der Waals surface area contributed by atoms with Gasteiger partial charge in [-0.1, -0.05) is 6.42 Å². The minimum Gasteiger partial charge on any atom is -0.317 e. The van der Waals surface area contributed by atoms with E-state index in [2.05, 4.69) is 10.3 Å². The standard InChI is InChI=1S/C5H4N4O6S.C5H11N/c10-3-1-2(7-4(11)6-1)8-5(12)9(3)16(13,14)15;1-2-4-6-5-3-1/h(H,8,12)(H2,6,7,11)(H,13,14,15);6H,1-5H2. The molecular formula is C10H15N5O6S. The first-order valence-corrected chi connectivity index (χ1v) is 7.86. The third-order valence-electron chi connectivity index (χ3n) is 2.98. The number of nitrogens with one attached hydrogen (secondary N) is 4. The highest BCUT2D eigenvalue weighted by molar-refractivity contribution is 7.84. The highest BCUT2D eigenvalue weighted by Crippen LogP contribution is 1.96. The van der Waals surface area contributed by atoms with Crippen molar-refractivity contribution in [3.63, 3.8) is 0 Å². The Kier molecular flexibility index (Phi) is 4.63. The summed E-state index contributed by atoms with van der Waals surface area (Å²) in [5.74, 6) is 0. The van der Waals surface area contributed by atoms with Crippen molar-refractivity contribution in [2.75, 3.05) is 13.1 Å². The van der Waals surface area contributed by atoms with Crippen LogP contribution >= 0.6 is 0 Å². The van der Waals surface area contributed by atoms with E-state index in [9.17, 15) is 22.8 Å². The van der Waals surface area contributed by atoms with Crippen molar-refractivity contribution in [1.29, 1.82) is 0 Å². The van der Waals surface area contributed by atoms with Crippen LogP contribution in [0.4, 0.5) is 0 Å². The summed E-state index contributed by atoms with van der Waals surface area (Å²) in [5, 5.41) is 3.28. The Balaban J connectivity index is 0.000000246. The predicted octanol–water partition coefficient (Wildman–Crippen LogP) is -1.88. The van der Waals surface area contributed by atoms with Gasteiger partial charge in [-0.25, -0.2) is 9.59 Å². The number of fused-ring (bicyclic) bond motifs is 1. The lowest BCUT2D eigenvalue weighted by Crippen LogP contribution is -2.39.